The topological polar surface area (TPSA) is 86.3 Å². The van der Waals surface area contributed by atoms with Crippen LogP contribution in [0.3, 0.4) is 0 Å². The molecule has 4 rings (SSSR count). The number of hydrogen-bond acceptors (Lipinski definition) is 6. The van der Waals surface area contributed by atoms with E-state index in [0.717, 1.165) is 16.7 Å². The Labute approximate surface area is 199 Å². The molecule has 7 nitrogen and oxygen atoms in total. The number of aliphatic hydroxyl groups is 1. The predicted octanol–water partition coefficient (Wildman–Crippen LogP) is 4.15. The molecule has 1 aliphatic carbocycles. The fourth-order valence-electron chi connectivity index (χ4n) is 4.51. The number of benzene rings is 3. The summed E-state index contributed by atoms with van der Waals surface area (Å²) < 4.78 is 21.7. The number of fused-ring (bicyclic) bond motifs is 3. The van der Waals surface area contributed by atoms with Gasteiger partial charge in [0.2, 0.25) is 5.75 Å². The van der Waals surface area contributed by atoms with Crippen molar-refractivity contribution in [3.63, 3.8) is 0 Å². The average molecular weight is 464 g/mol. The lowest BCUT2D eigenvalue weighted by molar-refractivity contribution is 0.132. The second-order valence-corrected chi connectivity index (χ2v) is 8.09. The zero-order chi connectivity index (χ0) is 24.1. The minimum Gasteiger partial charge on any atom is -0.493 e. The van der Waals surface area contributed by atoms with Gasteiger partial charge in [0, 0.05) is 5.92 Å². The molecule has 0 fully saturated rings. The minimum atomic E-state index is -0.576. The van der Waals surface area contributed by atoms with Gasteiger partial charge in [-0.25, -0.2) is 4.79 Å². The van der Waals surface area contributed by atoms with E-state index in [2.05, 4.69) is 29.6 Å². The van der Waals surface area contributed by atoms with Crippen molar-refractivity contribution in [2.24, 2.45) is 0 Å². The molecule has 0 heterocycles. The van der Waals surface area contributed by atoms with Crippen molar-refractivity contribution in [3.05, 3.63) is 77.4 Å². The summed E-state index contributed by atoms with van der Waals surface area (Å²) in [5, 5.41) is 12.6. The van der Waals surface area contributed by atoms with Gasteiger partial charge in [-0.3, -0.25) is 0 Å². The summed E-state index contributed by atoms with van der Waals surface area (Å²) in [6.45, 7) is -0.0386. The first-order valence-corrected chi connectivity index (χ1v) is 11.1. The molecule has 0 spiro atoms. The SMILES string of the molecule is COc1cc(C[C@@H](CO)NC(=O)OCC2c3ccccc3-c3ccccc32)cc(OC)c1OC. The Hall–Kier alpha value is -3.71. The number of nitrogens with one attached hydrogen (secondary N) is 1. The molecule has 0 unspecified atom stereocenters. The molecule has 0 radical (unpaired) electrons. The highest BCUT2D eigenvalue weighted by molar-refractivity contribution is 5.79. The Bertz CT molecular complexity index is 1090. The van der Waals surface area contributed by atoms with Gasteiger partial charge in [0.05, 0.1) is 34.0 Å². The van der Waals surface area contributed by atoms with Crippen LogP contribution in [0.5, 0.6) is 17.2 Å². The quantitative estimate of drug-likeness (QED) is 0.496. The predicted molar refractivity (Wildman–Crippen MR) is 129 cm³/mol. The van der Waals surface area contributed by atoms with E-state index in [-0.39, 0.29) is 19.1 Å². The summed E-state index contributed by atoms with van der Waals surface area (Å²) in [4.78, 5) is 12.6. The molecule has 1 atom stereocenters. The van der Waals surface area contributed by atoms with Crippen LogP contribution in [-0.2, 0) is 11.2 Å². The van der Waals surface area contributed by atoms with Gasteiger partial charge in [0.15, 0.2) is 11.5 Å². The number of hydrogen-bond donors (Lipinski definition) is 2. The third kappa shape index (κ3) is 4.65. The van der Waals surface area contributed by atoms with E-state index in [1.165, 1.54) is 18.2 Å². The summed E-state index contributed by atoms with van der Waals surface area (Å²) in [6.07, 6.45) is -0.217. The van der Waals surface area contributed by atoms with E-state index in [4.69, 9.17) is 18.9 Å². The number of aliphatic hydroxyl groups excluding tert-OH is 1. The number of methoxy groups -OCH3 is 3. The van der Waals surface area contributed by atoms with Crippen molar-refractivity contribution >= 4 is 6.09 Å². The summed E-state index contributed by atoms with van der Waals surface area (Å²) >= 11 is 0. The summed E-state index contributed by atoms with van der Waals surface area (Å²) in [5.41, 5.74) is 5.44. The van der Waals surface area contributed by atoms with Crippen LogP contribution < -0.4 is 19.5 Å². The van der Waals surface area contributed by atoms with Gasteiger partial charge in [-0.1, -0.05) is 48.5 Å². The van der Waals surface area contributed by atoms with Crippen LogP contribution in [0.4, 0.5) is 4.79 Å². The van der Waals surface area contributed by atoms with E-state index in [9.17, 15) is 9.90 Å². The Morgan fingerprint density at radius 2 is 1.47 bits per heavy atom. The molecule has 7 heteroatoms. The summed E-state index contributed by atoms with van der Waals surface area (Å²) in [6, 6.07) is 19.4. The lowest BCUT2D eigenvalue weighted by atomic mass is 9.98. The van der Waals surface area contributed by atoms with E-state index in [1.54, 1.807) is 26.4 Å². The number of amides is 1. The number of carbonyl (C=O) groups excluding carboxylic acids is 1. The average Bonchev–Trinajstić information content (AvgIpc) is 3.20. The first-order chi connectivity index (χ1) is 16.6. The molecule has 1 amide bonds. The zero-order valence-corrected chi connectivity index (χ0v) is 19.5. The van der Waals surface area contributed by atoms with Crippen molar-refractivity contribution in [1.82, 2.24) is 5.32 Å². The third-order valence-electron chi connectivity index (χ3n) is 6.09. The standard InChI is InChI=1S/C27H29NO6/c1-31-24-13-17(14-25(32-2)26(24)33-3)12-18(15-29)28-27(30)34-16-23-21-10-6-4-8-19(21)20-9-5-7-11-22(20)23/h4-11,13-14,18,23,29H,12,15-16H2,1-3H3,(H,28,30)/t18-/m0/s1. The van der Waals surface area contributed by atoms with Crippen molar-refractivity contribution in [3.8, 4) is 28.4 Å². The van der Waals surface area contributed by atoms with Gasteiger partial charge in [0.25, 0.3) is 0 Å². The minimum absolute atomic E-state index is 0.0270. The second-order valence-electron chi connectivity index (χ2n) is 8.09. The van der Waals surface area contributed by atoms with Crippen molar-refractivity contribution < 1.29 is 28.8 Å². The van der Waals surface area contributed by atoms with Crippen molar-refractivity contribution in [1.29, 1.82) is 0 Å². The number of ether oxygens (including phenoxy) is 4. The van der Waals surface area contributed by atoms with Gasteiger partial charge in [-0.15, -0.1) is 0 Å². The normalized spacial score (nSPS) is 12.9. The van der Waals surface area contributed by atoms with Gasteiger partial charge >= 0.3 is 6.09 Å². The lowest BCUT2D eigenvalue weighted by Crippen LogP contribution is -2.39. The molecular formula is C27H29NO6. The third-order valence-corrected chi connectivity index (χ3v) is 6.09. The number of rotatable bonds is 9. The molecule has 3 aromatic carbocycles. The van der Waals surface area contributed by atoms with Crippen LogP contribution in [0, 0.1) is 0 Å². The molecule has 0 saturated heterocycles. The fraction of sp³-hybridized carbons (Fsp3) is 0.296. The highest BCUT2D eigenvalue weighted by Crippen LogP contribution is 2.44. The van der Waals surface area contributed by atoms with Gasteiger partial charge in [0.1, 0.15) is 6.61 Å². The molecule has 0 aliphatic heterocycles. The first kappa shape index (κ1) is 23.4. The van der Waals surface area contributed by atoms with Gasteiger partial charge in [-0.2, -0.15) is 0 Å². The Morgan fingerprint density at radius 1 is 0.912 bits per heavy atom. The maximum absolute atomic E-state index is 12.6. The van der Waals surface area contributed by atoms with Crippen molar-refractivity contribution in [2.75, 3.05) is 34.5 Å². The zero-order valence-electron chi connectivity index (χ0n) is 19.5. The fourth-order valence-corrected chi connectivity index (χ4v) is 4.51. The Balaban J connectivity index is 1.42. The first-order valence-electron chi connectivity index (χ1n) is 11.1. The van der Waals surface area contributed by atoms with Crippen LogP contribution in [0.1, 0.15) is 22.6 Å². The van der Waals surface area contributed by atoms with E-state index >= 15 is 0 Å². The Morgan fingerprint density at radius 3 is 1.97 bits per heavy atom. The van der Waals surface area contributed by atoms with Gasteiger partial charge < -0.3 is 29.4 Å². The lowest BCUT2D eigenvalue weighted by Gasteiger charge is -2.20. The smallest absolute Gasteiger partial charge is 0.407 e. The molecule has 34 heavy (non-hydrogen) atoms. The highest BCUT2D eigenvalue weighted by atomic mass is 16.5. The molecule has 178 valence electrons. The molecule has 1 aliphatic rings. The maximum Gasteiger partial charge on any atom is 0.407 e. The Kier molecular flexibility index (Phi) is 7.23. The molecule has 3 aromatic rings. The van der Waals surface area contributed by atoms with E-state index < -0.39 is 12.1 Å². The molecule has 2 N–H and O–H groups in total. The summed E-state index contributed by atoms with van der Waals surface area (Å²) in [5.74, 6) is 1.48. The highest BCUT2D eigenvalue weighted by Gasteiger charge is 2.29. The molecular weight excluding hydrogens is 434 g/mol. The van der Waals surface area contributed by atoms with E-state index in [0.29, 0.717) is 23.7 Å². The van der Waals surface area contributed by atoms with Gasteiger partial charge in [-0.05, 0) is 46.4 Å². The van der Waals surface area contributed by atoms with Crippen LogP contribution >= 0.6 is 0 Å². The monoisotopic (exact) mass is 463 g/mol. The second kappa shape index (κ2) is 10.5. The number of alkyl carbamates (subject to hydrolysis) is 1. The maximum atomic E-state index is 12.6. The number of carbonyl (C=O) groups is 1. The molecule has 0 saturated carbocycles. The molecule has 0 bridgehead atoms. The van der Waals surface area contributed by atoms with Crippen LogP contribution in [0.15, 0.2) is 60.7 Å². The van der Waals surface area contributed by atoms with Crippen LogP contribution in [0.25, 0.3) is 11.1 Å². The summed E-state index contributed by atoms with van der Waals surface area (Å²) in [7, 11) is 4.62. The molecule has 0 aromatic heterocycles. The van der Waals surface area contributed by atoms with Crippen molar-refractivity contribution in [2.45, 2.75) is 18.4 Å². The van der Waals surface area contributed by atoms with Crippen LogP contribution in [0.2, 0.25) is 0 Å². The largest absolute Gasteiger partial charge is 0.493 e. The van der Waals surface area contributed by atoms with Crippen LogP contribution in [-0.4, -0.2) is 51.8 Å². The van der Waals surface area contributed by atoms with E-state index in [1.807, 2.05) is 24.3 Å².